The summed E-state index contributed by atoms with van der Waals surface area (Å²) in [6.07, 6.45) is 13.2. The molecule has 0 unspecified atom stereocenters. The van der Waals surface area contributed by atoms with Crippen LogP contribution in [-0.2, 0) is 19.5 Å². The summed E-state index contributed by atoms with van der Waals surface area (Å²) in [5, 5.41) is 17.3. The number of ketones is 2. The van der Waals surface area contributed by atoms with Crippen molar-refractivity contribution in [2.24, 2.45) is 23.7 Å². The van der Waals surface area contributed by atoms with Gasteiger partial charge < -0.3 is 10.2 Å². The summed E-state index contributed by atoms with van der Waals surface area (Å²) in [4.78, 5) is 18.0. The average Bonchev–Trinajstić information content (AvgIpc) is 3.12. The van der Waals surface area contributed by atoms with Gasteiger partial charge in [0.25, 0.3) is 0 Å². The molecule has 0 saturated carbocycles. The Kier molecular flexibility index (Phi) is 14.1. The molecule has 0 aliphatic heterocycles. The number of rotatable bonds is 4. The summed E-state index contributed by atoms with van der Waals surface area (Å²) in [7, 11) is 0. The van der Waals surface area contributed by atoms with E-state index in [2.05, 4.69) is 24.3 Å². The van der Waals surface area contributed by atoms with Crippen molar-refractivity contribution in [1.82, 2.24) is 0 Å². The Hall–Kier alpha value is -1.48. The molecule has 2 rings (SSSR count). The maximum absolute atomic E-state index is 8.98. The van der Waals surface area contributed by atoms with Gasteiger partial charge in [-0.2, -0.15) is 0 Å². The Labute approximate surface area is 170 Å². The van der Waals surface area contributed by atoms with E-state index in [1.54, 1.807) is 0 Å². The molecule has 2 aliphatic carbocycles. The molecule has 26 heavy (non-hydrogen) atoms. The Morgan fingerprint density at radius 2 is 1.08 bits per heavy atom. The fourth-order valence-electron chi connectivity index (χ4n) is 2.09. The van der Waals surface area contributed by atoms with Gasteiger partial charge in [0, 0.05) is 19.5 Å². The van der Waals surface area contributed by atoms with Crippen LogP contribution in [0.4, 0.5) is 0 Å². The van der Waals surface area contributed by atoms with E-state index in [9.17, 15) is 0 Å². The number of hydrogen-bond acceptors (Lipinski definition) is 2. The van der Waals surface area contributed by atoms with Gasteiger partial charge >= 0.3 is 11.6 Å². The van der Waals surface area contributed by atoms with E-state index in [-0.39, 0.29) is 54.4 Å². The third kappa shape index (κ3) is 12.8. The minimum absolute atomic E-state index is 0. The van der Waals surface area contributed by atoms with Crippen molar-refractivity contribution in [3.05, 3.63) is 48.0 Å². The monoisotopic (exact) mass is 452 g/mol. The molecule has 0 aromatic carbocycles. The van der Waals surface area contributed by atoms with Gasteiger partial charge in [-0.15, -0.1) is 0 Å². The molecule has 5 heteroatoms. The first-order chi connectivity index (χ1) is 11.5. The van der Waals surface area contributed by atoms with Crippen molar-refractivity contribution in [1.29, 1.82) is 0 Å². The maximum atomic E-state index is 8.98. The zero-order valence-corrected chi connectivity index (χ0v) is 18.4. The van der Waals surface area contributed by atoms with Crippen molar-refractivity contribution in [2.75, 3.05) is 0 Å². The number of allylic oxidation sites excluding steroid dienone is 8. The third-order valence-corrected chi connectivity index (χ3v) is 3.65. The molecule has 0 saturated heterocycles. The molecule has 0 fully saturated rings. The average molecular weight is 452 g/mol. The fourth-order valence-corrected chi connectivity index (χ4v) is 2.09. The zero-order valence-electron chi connectivity index (χ0n) is 16.6. The largest absolute Gasteiger partial charge is 0.512 e. The Balaban J connectivity index is 0. The van der Waals surface area contributed by atoms with Gasteiger partial charge in [-0.25, -0.2) is 0 Å². The number of aliphatic hydroxyl groups excluding tert-OH is 2. The van der Waals surface area contributed by atoms with Gasteiger partial charge in [0.15, 0.2) is 0 Å². The van der Waals surface area contributed by atoms with Crippen molar-refractivity contribution in [3.8, 4) is 0 Å². The van der Waals surface area contributed by atoms with Crippen molar-refractivity contribution < 1.29 is 39.3 Å². The smallest absolute Gasteiger partial charge is 0.322 e. The van der Waals surface area contributed by atoms with Gasteiger partial charge in [0.2, 0.25) is 0 Å². The second-order valence-corrected chi connectivity index (χ2v) is 7.06. The SMILES string of the molecule is C1=CC2C=CC1C2.CC(O)=CC(=[OH+])C(C)C.CC(O)=CC(=[OH+])C(C)C.[Ru]. The molecule has 2 aliphatic rings. The standard InChI is InChI=1S/2C7H12O2.C7H8.Ru/c2*1-5(2)7(9)4-6(3)8;1-2-7-4-3-6(1)5-7;/h2*4-5,8H,1-3H3;1-4,6-7H,5H2;/p+2. The van der Waals surface area contributed by atoms with E-state index in [1.807, 2.05) is 27.7 Å². The number of carbonyl (C=O) groups excluding carboxylic acids is 2. The molecule has 0 spiro atoms. The minimum atomic E-state index is 0. The summed E-state index contributed by atoms with van der Waals surface area (Å²) in [6.45, 7) is 10.5. The van der Waals surface area contributed by atoms with E-state index in [4.69, 9.17) is 19.8 Å². The molecule has 0 atom stereocenters. The second-order valence-electron chi connectivity index (χ2n) is 7.06. The van der Waals surface area contributed by atoms with Gasteiger partial charge in [-0.1, -0.05) is 52.0 Å². The van der Waals surface area contributed by atoms with Gasteiger partial charge in [0.1, 0.15) is 0 Å². The second kappa shape index (κ2) is 13.7. The van der Waals surface area contributed by atoms with Crippen LogP contribution in [0.15, 0.2) is 48.0 Å². The van der Waals surface area contributed by atoms with Crippen LogP contribution in [0.5, 0.6) is 0 Å². The first kappa shape index (κ1) is 26.7. The topological polar surface area (TPSA) is 83.3 Å². The normalized spacial score (nSPS) is 20.2. The van der Waals surface area contributed by atoms with Crippen LogP contribution in [0.2, 0.25) is 0 Å². The molecule has 0 amide bonds. The molecule has 4 N–H and O–H groups in total. The van der Waals surface area contributed by atoms with Crippen molar-refractivity contribution in [3.63, 3.8) is 0 Å². The molecule has 0 aromatic rings. The quantitative estimate of drug-likeness (QED) is 0.206. The molecule has 2 bridgehead atoms. The van der Waals surface area contributed by atoms with E-state index < -0.39 is 0 Å². The number of fused-ring (bicyclic) bond motifs is 2. The number of aliphatic hydroxyl groups is 2. The Morgan fingerprint density at radius 1 is 0.808 bits per heavy atom. The predicted molar refractivity (Wildman–Crippen MR) is 106 cm³/mol. The van der Waals surface area contributed by atoms with E-state index in [0.29, 0.717) is 0 Å². The van der Waals surface area contributed by atoms with E-state index in [1.165, 1.54) is 32.4 Å². The summed E-state index contributed by atoms with van der Waals surface area (Å²) < 4.78 is 0. The number of hydrogen-bond donors (Lipinski definition) is 2. The van der Waals surface area contributed by atoms with Crippen LogP contribution in [0.1, 0.15) is 48.0 Å². The first-order valence-electron chi connectivity index (χ1n) is 8.75. The van der Waals surface area contributed by atoms with Crippen LogP contribution in [0.25, 0.3) is 0 Å². The van der Waals surface area contributed by atoms with Crippen LogP contribution in [0, 0.1) is 23.7 Å². The zero-order chi connectivity index (χ0) is 19.6. The summed E-state index contributed by atoms with van der Waals surface area (Å²) in [6, 6.07) is 0. The third-order valence-electron chi connectivity index (χ3n) is 3.65. The Bertz CT molecular complexity index is 499. The summed E-state index contributed by atoms with van der Waals surface area (Å²) in [5.41, 5.74) is 0. The molecule has 0 radical (unpaired) electrons. The van der Waals surface area contributed by atoms with Crippen molar-refractivity contribution >= 4 is 11.6 Å². The fraction of sp³-hybridized carbons (Fsp3) is 0.524. The van der Waals surface area contributed by atoms with E-state index >= 15 is 0 Å². The molecule has 0 aromatic heterocycles. The maximum Gasteiger partial charge on any atom is 0.322 e. The van der Waals surface area contributed by atoms with Crippen LogP contribution in [0.3, 0.4) is 0 Å². The van der Waals surface area contributed by atoms with Crippen LogP contribution < -0.4 is 0 Å². The Morgan fingerprint density at radius 3 is 1.15 bits per heavy atom. The molecule has 0 heterocycles. The molecular formula is C21H34O4Ru+2. The van der Waals surface area contributed by atoms with Crippen LogP contribution >= 0.6 is 0 Å². The molecule has 148 valence electrons. The van der Waals surface area contributed by atoms with E-state index in [0.717, 1.165) is 11.8 Å². The minimum Gasteiger partial charge on any atom is -0.512 e. The van der Waals surface area contributed by atoms with Gasteiger partial charge in [0.05, 0.1) is 35.5 Å². The van der Waals surface area contributed by atoms with Crippen molar-refractivity contribution in [2.45, 2.75) is 48.0 Å². The van der Waals surface area contributed by atoms with Crippen LogP contribution in [-0.4, -0.2) is 31.4 Å². The predicted octanol–water partition coefficient (Wildman–Crippen LogP) is 5.04. The summed E-state index contributed by atoms with van der Waals surface area (Å²) in [5.74, 6) is 2.52. The first-order valence-corrected chi connectivity index (χ1v) is 8.75. The molecule has 4 nitrogen and oxygen atoms in total. The molecular weight excluding hydrogens is 417 g/mol. The van der Waals surface area contributed by atoms with Gasteiger partial charge in [-0.05, 0) is 32.1 Å². The summed E-state index contributed by atoms with van der Waals surface area (Å²) >= 11 is 0. The van der Waals surface area contributed by atoms with Gasteiger partial charge in [-0.3, -0.25) is 9.59 Å².